The smallest absolute Gasteiger partial charge is 0.247 e. The molecular formula is C17H21N3O2. The van der Waals surface area contributed by atoms with Crippen molar-refractivity contribution < 1.29 is 9.59 Å². The molecule has 0 radical (unpaired) electrons. The molecule has 0 aliphatic heterocycles. The normalized spacial score (nSPS) is 15.8. The Morgan fingerprint density at radius 3 is 2.45 bits per heavy atom. The molecule has 1 aromatic rings. The number of nitrogens with zero attached hydrogens (tertiary/aromatic N) is 1. The molecule has 0 saturated heterocycles. The zero-order valence-electron chi connectivity index (χ0n) is 12.8. The summed E-state index contributed by atoms with van der Waals surface area (Å²) in [6, 6.07) is 8.82. The predicted molar refractivity (Wildman–Crippen MR) is 84.0 cm³/mol. The van der Waals surface area contributed by atoms with Crippen molar-refractivity contribution in [3.8, 4) is 6.07 Å². The monoisotopic (exact) mass is 299 g/mol. The van der Waals surface area contributed by atoms with Crippen molar-refractivity contribution in [2.45, 2.75) is 45.1 Å². The quantitative estimate of drug-likeness (QED) is 0.875. The lowest BCUT2D eigenvalue weighted by Gasteiger charge is -2.23. The van der Waals surface area contributed by atoms with E-state index in [1.807, 2.05) is 12.1 Å². The minimum Gasteiger partial charge on any atom is -0.344 e. The van der Waals surface area contributed by atoms with E-state index < -0.39 is 6.04 Å². The first kappa shape index (κ1) is 16.0. The fourth-order valence-electron chi connectivity index (χ4n) is 2.92. The number of anilines is 1. The van der Waals surface area contributed by atoms with Crippen LogP contribution in [0.3, 0.4) is 0 Å². The summed E-state index contributed by atoms with van der Waals surface area (Å²) in [5.41, 5.74) is 1.59. The summed E-state index contributed by atoms with van der Waals surface area (Å²) in [5, 5.41) is 14.3. The number of benzene rings is 1. The van der Waals surface area contributed by atoms with Crippen molar-refractivity contribution in [3.63, 3.8) is 0 Å². The third-order valence-corrected chi connectivity index (χ3v) is 4.02. The Morgan fingerprint density at radius 1 is 1.27 bits per heavy atom. The van der Waals surface area contributed by atoms with E-state index in [0.717, 1.165) is 31.2 Å². The van der Waals surface area contributed by atoms with Gasteiger partial charge in [0, 0.05) is 12.6 Å². The van der Waals surface area contributed by atoms with Crippen molar-refractivity contribution in [1.82, 2.24) is 5.32 Å². The van der Waals surface area contributed by atoms with Crippen molar-refractivity contribution in [2.24, 2.45) is 5.92 Å². The molecule has 0 bridgehead atoms. The molecule has 1 saturated carbocycles. The highest BCUT2D eigenvalue weighted by atomic mass is 16.2. The lowest BCUT2D eigenvalue weighted by Crippen LogP contribution is -2.47. The highest BCUT2D eigenvalue weighted by Gasteiger charge is 2.31. The van der Waals surface area contributed by atoms with Gasteiger partial charge in [0.1, 0.15) is 6.04 Å². The molecule has 0 spiro atoms. The van der Waals surface area contributed by atoms with Crippen LogP contribution >= 0.6 is 0 Å². The van der Waals surface area contributed by atoms with Gasteiger partial charge in [-0.05, 0) is 36.5 Å². The Balaban J connectivity index is 2.03. The van der Waals surface area contributed by atoms with E-state index in [1.165, 1.54) is 6.92 Å². The molecule has 2 rings (SSSR count). The number of amides is 2. The third-order valence-electron chi connectivity index (χ3n) is 4.02. The van der Waals surface area contributed by atoms with Gasteiger partial charge >= 0.3 is 0 Å². The Kier molecular flexibility index (Phi) is 5.54. The Bertz CT molecular complexity index is 569. The lowest BCUT2D eigenvalue weighted by atomic mass is 9.97. The van der Waals surface area contributed by atoms with Crippen LogP contribution in [0.4, 0.5) is 5.69 Å². The average molecular weight is 299 g/mol. The molecule has 2 N–H and O–H groups in total. The molecule has 0 aromatic heterocycles. The number of carbonyl (C=O) groups is 2. The number of hydrogen-bond donors (Lipinski definition) is 2. The summed E-state index contributed by atoms with van der Waals surface area (Å²) in [5.74, 6) is -0.145. The maximum Gasteiger partial charge on any atom is 0.247 e. The van der Waals surface area contributed by atoms with Gasteiger partial charge < -0.3 is 10.6 Å². The van der Waals surface area contributed by atoms with Crippen LogP contribution in [0.15, 0.2) is 24.3 Å². The molecule has 1 aliphatic carbocycles. The van der Waals surface area contributed by atoms with E-state index in [9.17, 15) is 9.59 Å². The molecule has 116 valence electrons. The highest BCUT2D eigenvalue weighted by molar-refractivity contribution is 5.97. The van der Waals surface area contributed by atoms with Crippen molar-refractivity contribution in [2.75, 3.05) is 5.32 Å². The van der Waals surface area contributed by atoms with Crippen LogP contribution in [-0.2, 0) is 16.0 Å². The van der Waals surface area contributed by atoms with Crippen molar-refractivity contribution in [1.29, 1.82) is 5.26 Å². The Morgan fingerprint density at radius 2 is 1.91 bits per heavy atom. The summed E-state index contributed by atoms with van der Waals surface area (Å²) >= 11 is 0. The fraction of sp³-hybridized carbons (Fsp3) is 0.471. The van der Waals surface area contributed by atoms with Gasteiger partial charge in [-0.3, -0.25) is 9.59 Å². The van der Waals surface area contributed by atoms with Gasteiger partial charge in [-0.2, -0.15) is 5.26 Å². The predicted octanol–water partition coefficient (Wildman–Crippen LogP) is 2.39. The van der Waals surface area contributed by atoms with Crippen LogP contribution < -0.4 is 10.6 Å². The molecule has 1 atom stereocenters. The van der Waals surface area contributed by atoms with Crippen LogP contribution in [0.2, 0.25) is 0 Å². The SMILES string of the molecule is CC(=O)NC(C(=O)Nc1ccc(CC#N)cc1)C1CCCC1. The molecule has 5 nitrogen and oxygen atoms in total. The van der Waals surface area contributed by atoms with Crippen LogP contribution in [0.5, 0.6) is 0 Å². The van der Waals surface area contributed by atoms with Crippen LogP contribution in [-0.4, -0.2) is 17.9 Å². The average Bonchev–Trinajstić information content (AvgIpc) is 3.01. The van der Waals surface area contributed by atoms with Gasteiger partial charge in [0.05, 0.1) is 12.5 Å². The van der Waals surface area contributed by atoms with E-state index in [0.29, 0.717) is 12.1 Å². The van der Waals surface area contributed by atoms with Gasteiger partial charge in [0.2, 0.25) is 11.8 Å². The molecule has 1 unspecified atom stereocenters. The van der Waals surface area contributed by atoms with Crippen molar-refractivity contribution in [3.05, 3.63) is 29.8 Å². The standard InChI is InChI=1S/C17H21N3O2/c1-12(21)19-16(14-4-2-3-5-14)17(22)20-15-8-6-13(7-9-15)10-11-18/h6-9,14,16H,2-5,10H2,1H3,(H,19,21)(H,20,22). The first-order chi connectivity index (χ1) is 10.6. The number of hydrogen-bond acceptors (Lipinski definition) is 3. The first-order valence-electron chi connectivity index (χ1n) is 7.64. The van der Waals surface area contributed by atoms with Gasteiger partial charge in [0.15, 0.2) is 0 Å². The summed E-state index contributed by atoms with van der Waals surface area (Å²) in [4.78, 5) is 23.8. The molecule has 1 aliphatic rings. The molecule has 0 heterocycles. The topological polar surface area (TPSA) is 82.0 Å². The number of rotatable bonds is 5. The maximum absolute atomic E-state index is 12.5. The van der Waals surface area contributed by atoms with E-state index in [4.69, 9.17) is 5.26 Å². The maximum atomic E-state index is 12.5. The van der Waals surface area contributed by atoms with E-state index >= 15 is 0 Å². The van der Waals surface area contributed by atoms with Crippen LogP contribution in [0, 0.1) is 17.2 Å². The fourth-order valence-corrected chi connectivity index (χ4v) is 2.92. The minimum absolute atomic E-state index is 0.171. The molecule has 1 aromatic carbocycles. The summed E-state index contributed by atoms with van der Waals surface area (Å²) in [6.45, 7) is 1.44. The zero-order valence-corrected chi connectivity index (χ0v) is 12.8. The first-order valence-corrected chi connectivity index (χ1v) is 7.64. The second-order valence-corrected chi connectivity index (χ2v) is 5.74. The summed E-state index contributed by atoms with van der Waals surface area (Å²) < 4.78 is 0. The van der Waals surface area contributed by atoms with Gasteiger partial charge in [-0.25, -0.2) is 0 Å². The zero-order chi connectivity index (χ0) is 15.9. The van der Waals surface area contributed by atoms with Gasteiger partial charge in [-0.15, -0.1) is 0 Å². The molecule has 5 heteroatoms. The van der Waals surface area contributed by atoms with Crippen LogP contribution in [0.25, 0.3) is 0 Å². The second kappa shape index (κ2) is 7.60. The highest BCUT2D eigenvalue weighted by Crippen LogP contribution is 2.28. The molecule has 2 amide bonds. The Hall–Kier alpha value is -2.35. The molecular weight excluding hydrogens is 278 g/mol. The molecule has 1 fully saturated rings. The van der Waals surface area contributed by atoms with Crippen LogP contribution in [0.1, 0.15) is 38.2 Å². The van der Waals surface area contributed by atoms with Gasteiger partial charge in [0.25, 0.3) is 0 Å². The largest absolute Gasteiger partial charge is 0.344 e. The molecule has 22 heavy (non-hydrogen) atoms. The second-order valence-electron chi connectivity index (χ2n) is 5.74. The van der Waals surface area contributed by atoms with Crippen molar-refractivity contribution >= 4 is 17.5 Å². The van der Waals surface area contributed by atoms with E-state index in [1.54, 1.807) is 12.1 Å². The van der Waals surface area contributed by atoms with Gasteiger partial charge in [-0.1, -0.05) is 25.0 Å². The van der Waals surface area contributed by atoms with E-state index in [-0.39, 0.29) is 17.7 Å². The third kappa shape index (κ3) is 4.32. The number of carbonyl (C=O) groups excluding carboxylic acids is 2. The summed E-state index contributed by atoms with van der Waals surface area (Å²) in [7, 11) is 0. The Labute approximate surface area is 130 Å². The minimum atomic E-state index is -0.473. The van der Waals surface area contributed by atoms with E-state index in [2.05, 4.69) is 16.7 Å². The lowest BCUT2D eigenvalue weighted by molar-refractivity contribution is -0.126. The summed E-state index contributed by atoms with van der Waals surface area (Å²) in [6.07, 6.45) is 4.51. The number of nitrogens with one attached hydrogen (secondary N) is 2. The number of nitriles is 1.